The molecular formula is C16H23N3O. The second-order valence-electron chi connectivity index (χ2n) is 5.56. The van der Waals surface area contributed by atoms with Gasteiger partial charge in [0, 0.05) is 26.3 Å². The minimum absolute atomic E-state index is 0.782. The highest BCUT2D eigenvalue weighted by atomic mass is 16.5. The zero-order valence-corrected chi connectivity index (χ0v) is 12.1. The van der Waals surface area contributed by atoms with Crippen molar-refractivity contribution in [2.45, 2.75) is 26.3 Å². The van der Waals surface area contributed by atoms with Gasteiger partial charge in [0.1, 0.15) is 5.82 Å². The molecule has 1 aliphatic rings. The summed E-state index contributed by atoms with van der Waals surface area (Å²) in [4.78, 5) is 4.60. The van der Waals surface area contributed by atoms with Crippen LogP contribution in [0, 0.1) is 12.8 Å². The molecule has 0 saturated carbocycles. The lowest BCUT2D eigenvalue weighted by Gasteiger charge is -2.22. The number of aryl methyl sites for hydroxylation is 1. The third-order valence-electron chi connectivity index (χ3n) is 4.13. The Bertz CT molecular complexity index is 558. The summed E-state index contributed by atoms with van der Waals surface area (Å²) in [5.74, 6) is 1.88. The van der Waals surface area contributed by atoms with Crippen LogP contribution >= 0.6 is 0 Å². The van der Waals surface area contributed by atoms with Gasteiger partial charge in [-0.15, -0.1) is 0 Å². The summed E-state index contributed by atoms with van der Waals surface area (Å²) < 4.78 is 7.69. The van der Waals surface area contributed by atoms with Crippen LogP contribution in [0.1, 0.15) is 18.7 Å². The zero-order valence-electron chi connectivity index (χ0n) is 12.1. The molecule has 0 bridgehead atoms. The molecule has 1 aromatic heterocycles. The Balaban J connectivity index is 1.53. The molecule has 4 nitrogen and oxygen atoms in total. The lowest BCUT2D eigenvalue weighted by atomic mass is 10.0. The van der Waals surface area contributed by atoms with Gasteiger partial charge in [0.15, 0.2) is 0 Å². The monoisotopic (exact) mass is 273 g/mol. The number of imidazole rings is 1. The van der Waals surface area contributed by atoms with Gasteiger partial charge in [-0.25, -0.2) is 4.98 Å². The van der Waals surface area contributed by atoms with Gasteiger partial charge in [-0.2, -0.15) is 0 Å². The number of para-hydroxylation sites is 2. The predicted molar refractivity (Wildman–Crippen MR) is 80.9 cm³/mol. The molecule has 2 heterocycles. The van der Waals surface area contributed by atoms with E-state index in [-0.39, 0.29) is 0 Å². The minimum atomic E-state index is 0.782. The maximum absolute atomic E-state index is 5.39. The number of aromatic nitrogens is 2. The lowest BCUT2D eigenvalue weighted by Crippen LogP contribution is -2.30. The number of nitrogens with one attached hydrogen (secondary N) is 1. The van der Waals surface area contributed by atoms with E-state index in [4.69, 9.17) is 4.74 Å². The Hall–Kier alpha value is -1.39. The van der Waals surface area contributed by atoms with E-state index in [0.29, 0.717) is 0 Å². The minimum Gasteiger partial charge on any atom is -0.381 e. The maximum atomic E-state index is 5.39. The van der Waals surface area contributed by atoms with Gasteiger partial charge >= 0.3 is 0 Å². The number of rotatable bonds is 5. The average Bonchev–Trinajstić information content (AvgIpc) is 2.80. The van der Waals surface area contributed by atoms with Crippen molar-refractivity contribution in [3.8, 4) is 0 Å². The highest BCUT2D eigenvalue weighted by molar-refractivity contribution is 5.75. The van der Waals surface area contributed by atoms with Crippen LogP contribution < -0.4 is 5.32 Å². The Kier molecular flexibility index (Phi) is 4.33. The van der Waals surface area contributed by atoms with E-state index in [1.165, 1.54) is 18.4 Å². The molecule has 0 atom stereocenters. The van der Waals surface area contributed by atoms with E-state index >= 15 is 0 Å². The maximum Gasteiger partial charge on any atom is 0.106 e. The van der Waals surface area contributed by atoms with Crippen LogP contribution in [-0.2, 0) is 11.3 Å². The predicted octanol–water partition coefficient (Wildman–Crippen LogP) is 2.36. The summed E-state index contributed by atoms with van der Waals surface area (Å²) in [5.41, 5.74) is 2.33. The summed E-state index contributed by atoms with van der Waals surface area (Å²) in [6.45, 7) is 7.02. The molecule has 1 aromatic carbocycles. The van der Waals surface area contributed by atoms with Crippen LogP contribution in [-0.4, -0.2) is 35.9 Å². The van der Waals surface area contributed by atoms with Crippen molar-refractivity contribution in [3.63, 3.8) is 0 Å². The average molecular weight is 273 g/mol. The van der Waals surface area contributed by atoms with E-state index in [9.17, 15) is 0 Å². The smallest absolute Gasteiger partial charge is 0.106 e. The molecule has 3 rings (SSSR count). The van der Waals surface area contributed by atoms with Crippen molar-refractivity contribution >= 4 is 11.0 Å². The molecule has 1 N–H and O–H groups in total. The first kappa shape index (κ1) is 13.6. The lowest BCUT2D eigenvalue weighted by molar-refractivity contribution is 0.0663. The summed E-state index contributed by atoms with van der Waals surface area (Å²) in [6, 6.07) is 8.35. The first-order chi connectivity index (χ1) is 9.84. The fraction of sp³-hybridized carbons (Fsp3) is 0.562. The summed E-state index contributed by atoms with van der Waals surface area (Å²) >= 11 is 0. The molecule has 108 valence electrons. The van der Waals surface area contributed by atoms with Crippen molar-refractivity contribution in [1.82, 2.24) is 14.9 Å². The number of hydrogen-bond acceptors (Lipinski definition) is 3. The van der Waals surface area contributed by atoms with Crippen molar-refractivity contribution in [1.29, 1.82) is 0 Å². The largest absolute Gasteiger partial charge is 0.381 e. The Labute approximate surface area is 120 Å². The van der Waals surface area contributed by atoms with Gasteiger partial charge in [-0.05, 0) is 44.4 Å². The van der Waals surface area contributed by atoms with Crippen molar-refractivity contribution < 1.29 is 4.74 Å². The second kappa shape index (κ2) is 6.37. The van der Waals surface area contributed by atoms with Crippen LogP contribution in [0.4, 0.5) is 0 Å². The highest BCUT2D eigenvalue weighted by Gasteiger charge is 2.13. The van der Waals surface area contributed by atoms with Crippen LogP contribution in [0.15, 0.2) is 24.3 Å². The van der Waals surface area contributed by atoms with E-state index in [0.717, 1.165) is 50.1 Å². The van der Waals surface area contributed by atoms with E-state index in [1.54, 1.807) is 0 Å². The van der Waals surface area contributed by atoms with Gasteiger partial charge in [-0.3, -0.25) is 0 Å². The molecule has 1 aliphatic heterocycles. The topological polar surface area (TPSA) is 39.1 Å². The third-order valence-corrected chi connectivity index (χ3v) is 4.13. The van der Waals surface area contributed by atoms with Crippen LogP contribution in [0.5, 0.6) is 0 Å². The third kappa shape index (κ3) is 3.02. The van der Waals surface area contributed by atoms with Gasteiger partial charge in [0.2, 0.25) is 0 Å². The zero-order chi connectivity index (χ0) is 13.8. The number of hydrogen-bond donors (Lipinski definition) is 1. The number of nitrogens with zero attached hydrogens (tertiary/aromatic N) is 2. The second-order valence-corrected chi connectivity index (χ2v) is 5.56. The molecule has 0 amide bonds. The van der Waals surface area contributed by atoms with Gasteiger partial charge in [-0.1, -0.05) is 12.1 Å². The SMILES string of the molecule is Cc1nc2ccccc2n1CCNCC1CCOCC1. The van der Waals surface area contributed by atoms with Crippen molar-refractivity contribution in [3.05, 3.63) is 30.1 Å². The molecule has 0 radical (unpaired) electrons. The summed E-state index contributed by atoms with van der Waals surface area (Å²) in [6.07, 6.45) is 2.39. The molecule has 1 saturated heterocycles. The van der Waals surface area contributed by atoms with E-state index < -0.39 is 0 Å². The number of benzene rings is 1. The van der Waals surface area contributed by atoms with Crippen molar-refractivity contribution in [2.75, 3.05) is 26.3 Å². The first-order valence-corrected chi connectivity index (χ1v) is 7.55. The van der Waals surface area contributed by atoms with Crippen LogP contribution in [0.2, 0.25) is 0 Å². The number of fused-ring (bicyclic) bond motifs is 1. The van der Waals surface area contributed by atoms with Crippen LogP contribution in [0.25, 0.3) is 11.0 Å². The van der Waals surface area contributed by atoms with E-state index in [1.807, 2.05) is 6.07 Å². The first-order valence-electron chi connectivity index (χ1n) is 7.55. The standard InChI is InChI=1S/C16H23N3O/c1-13-18-15-4-2-3-5-16(15)19(13)9-8-17-12-14-6-10-20-11-7-14/h2-5,14,17H,6-12H2,1H3. The van der Waals surface area contributed by atoms with E-state index in [2.05, 4.69) is 40.0 Å². The molecule has 1 fully saturated rings. The normalized spacial score (nSPS) is 16.9. The molecule has 2 aromatic rings. The highest BCUT2D eigenvalue weighted by Crippen LogP contribution is 2.15. The molecule has 4 heteroatoms. The van der Waals surface area contributed by atoms with Crippen LogP contribution in [0.3, 0.4) is 0 Å². The molecule has 0 spiro atoms. The fourth-order valence-electron chi connectivity index (χ4n) is 2.93. The Morgan fingerprint density at radius 2 is 2.10 bits per heavy atom. The van der Waals surface area contributed by atoms with Crippen molar-refractivity contribution in [2.24, 2.45) is 5.92 Å². The fourth-order valence-corrected chi connectivity index (χ4v) is 2.93. The summed E-state index contributed by atoms with van der Waals surface area (Å²) in [5, 5.41) is 3.58. The van der Waals surface area contributed by atoms with Gasteiger partial charge in [0.05, 0.1) is 11.0 Å². The van der Waals surface area contributed by atoms with Gasteiger partial charge < -0.3 is 14.6 Å². The Morgan fingerprint density at radius 1 is 1.30 bits per heavy atom. The quantitative estimate of drug-likeness (QED) is 0.850. The molecule has 20 heavy (non-hydrogen) atoms. The molecular weight excluding hydrogens is 250 g/mol. The summed E-state index contributed by atoms with van der Waals surface area (Å²) in [7, 11) is 0. The number of ether oxygens (including phenoxy) is 1. The molecule has 0 aliphatic carbocycles. The Morgan fingerprint density at radius 3 is 2.95 bits per heavy atom. The molecule has 0 unspecified atom stereocenters. The van der Waals surface area contributed by atoms with Gasteiger partial charge in [0.25, 0.3) is 0 Å².